The molecule has 0 unspecified atom stereocenters. The van der Waals surface area contributed by atoms with E-state index in [2.05, 4.69) is 5.32 Å². The van der Waals surface area contributed by atoms with Crippen molar-refractivity contribution in [3.05, 3.63) is 29.3 Å². The second kappa shape index (κ2) is 5.73. The minimum atomic E-state index is -4.55. The first-order chi connectivity index (χ1) is 9.36. The summed E-state index contributed by atoms with van der Waals surface area (Å²) in [6, 6.07) is 3.01. The van der Waals surface area contributed by atoms with Crippen LogP contribution in [0.15, 0.2) is 18.2 Å². The second-order valence-electron chi connectivity index (χ2n) is 5.08. The van der Waals surface area contributed by atoms with Gasteiger partial charge in [-0.2, -0.15) is 13.2 Å². The van der Waals surface area contributed by atoms with Gasteiger partial charge >= 0.3 is 12.1 Å². The van der Waals surface area contributed by atoms with Crippen molar-refractivity contribution in [2.45, 2.75) is 44.3 Å². The first kappa shape index (κ1) is 14.7. The van der Waals surface area contributed by atoms with Gasteiger partial charge in [0.05, 0.1) is 11.1 Å². The monoisotopic (exact) mass is 287 g/mol. The Labute approximate surface area is 114 Å². The van der Waals surface area contributed by atoms with E-state index in [1.807, 2.05) is 0 Å². The third-order valence-corrected chi connectivity index (χ3v) is 3.48. The van der Waals surface area contributed by atoms with Crippen LogP contribution in [0.4, 0.5) is 18.9 Å². The molecule has 6 heteroatoms. The summed E-state index contributed by atoms with van der Waals surface area (Å²) in [4.78, 5) is 10.9. The van der Waals surface area contributed by atoms with E-state index in [0.29, 0.717) is 6.07 Å². The molecule has 2 N–H and O–H groups in total. The first-order valence-electron chi connectivity index (χ1n) is 6.58. The molecule has 20 heavy (non-hydrogen) atoms. The molecule has 0 heterocycles. The predicted octanol–water partition coefficient (Wildman–Crippen LogP) is 4.15. The van der Waals surface area contributed by atoms with Gasteiger partial charge in [-0.25, -0.2) is 4.79 Å². The van der Waals surface area contributed by atoms with Crippen LogP contribution >= 0.6 is 0 Å². The Morgan fingerprint density at radius 2 is 1.80 bits per heavy atom. The molecule has 0 aliphatic heterocycles. The fourth-order valence-electron chi connectivity index (χ4n) is 2.48. The Kier molecular flexibility index (Phi) is 4.20. The van der Waals surface area contributed by atoms with Crippen molar-refractivity contribution < 1.29 is 23.1 Å². The van der Waals surface area contributed by atoms with E-state index in [1.54, 1.807) is 0 Å². The van der Waals surface area contributed by atoms with Crippen molar-refractivity contribution in [1.29, 1.82) is 0 Å². The number of halogens is 3. The normalized spacial score (nSPS) is 16.9. The Bertz CT molecular complexity index is 494. The second-order valence-corrected chi connectivity index (χ2v) is 5.08. The van der Waals surface area contributed by atoms with Crippen molar-refractivity contribution in [1.82, 2.24) is 0 Å². The molecule has 3 nitrogen and oxygen atoms in total. The van der Waals surface area contributed by atoms with Gasteiger partial charge in [0.2, 0.25) is 0 Å². The molecule has 1 aliphatic carbocycles. The van der Waals surface area contributed by atoms with Crippen LogP contribution < -0.4 is 5.32 Å². The smallest absolute Gasteiger partial charge is 0.416 e. The summed E-state index contributed by atoms with van der Waals surface area (Å²) in [5, 5.41) is 11.9. The van der Waals surface area contributed by atoms with Crippen LogP contribution in [0, 0.1) is 0 Å². The van der Waals surface area contributed by atoms with Crippen LogP contribution in [0.3, 0.4) is 0 Å². The van der Waals surface area contributed by atoms with Gasteiger partial charge in [0.1, 0.15) is 0 Å². The number of aromatic carboxylic acids is 1. The molecule has 1 aromatic carbocycles. The molecule has 0 saturated heterocycles. The number of carboxylic acid groups (broad SMARTS) is 1. The van der Waals surface area contributed by atoms with Crippen LogP contribution in [0.2, 0.25) is 0 Å². The third kappa shape index (κ3) is 3.65. The summed E-state index contributed by atoms with van der Waals surface area (Å²) in [5.74, 6) is -1.36. The number of carboxylic acids is 1. The summed E-state index contributed by atoms with van der Waals surface area (Å²) in [7, 11) is 0. The van der Waals surface area contributed by atoms with E-state index >= 15 is 0 Å². The molecule has 1 aliphatic rings. The summed E-state index contributed by atoms with van der Waals surface area (Å²) < 4.78 is 38.3. The Balaban J connectivity index is 2.26. The number of benzene rings is 1. The number of anilines is 1. The molecule has 0 spiro atoms. The SMILES string of the molecule is O=C(O)c1cc(NC2CCCCC2)cc(C(F)(F)F)c1. The molecular weight excluding hydrogens is 271 g/mol. The van der Waals surface area contributed by atoms with E-state index < -0.39 is 17.7 Å². The van der Waals surface area contributed by atoms with E-state index in [9.17, 15) is 18.0 Å². The molecule has 110 valence electrons. The largest absolute Gasteiger partial charge is 0.478 e. The molecule has 0 bridgehead atoms. The molecule has 0 atom stereocenters. The number of hydrogen-bond acceptors (Lipinski definition) is 2. The summed E-state index contributed by atoms with van der Waals surface area (Å²) in [6.07, 6.45) is 0.484. The van der Waals surface area contributed by atoms with Crippen LogP contribution in [-0.2, 0) is 6.18 Å². The van der Waals surface area contributed by atoms with Crippen LogP contribution in [0.25, 0.3) is 0 Å². The van der Waals surface area contributed by atoms with Crippen LogP contribution in [0.1, 0.15) is 48.0 Å². The maximum atomic E-state index is 12.8. The Morgan fingerprint density at radius 3 is 2.35 bits per heavy atom. The van der Waals surface area contributed by atoms with Crippen LogP contribution in [-0.4, -0.2) is 17.1 Å². The Morgan fingerprint density at radius 1 is 1.15 bits per heavy atom. The highest BCUT2D eigenvalue weighted by molar-refractivity contribution is 5.89. The minimum absolute atomic E-state index is 0.119. The third-order valence-electron chi connectivity index (χ3n) is 3.48. The average molecular weight is 287 g/mol. The van der Waals surface area contributed by atoms with Crippen molar-refractivity contribution in [2.75, 3.05) is 5.32 Å². The highest BCUT2D eigenvalue weighted by atomic mass is 19.4. The van der Waals surface area contributed by atoms with Gasteiger partial charge in [0.15, 0.2) is 0 Å². The number of carbonyl (C=O) groups is 1. The molecule has 1 aromatic rings. The van der Waals surface area contributed by atoms with Gasteiger partial charge in [-0.3, -0.25) is 0 Å². The lowest BCUT2D eigenvalue weighted by Crippen LogP contribution is -2.22. The zero-order valence-corrected chi connectivity index (χ0v) is 10.8. The van der Waals surface area contributed by atoms with Gasteiger partial charge < -0.3 is 10.4 Å². The zero-order chi connectivity index (χ0) is 14.8. The maximum Gasteiger partial charge on any atom is 0.416 e. The van der Waals surface area contributed by atoms with Crippen molar-refractivity contribution >= 4 is 11.7 Å². The highest BCUT2D eigenvalue weighted by Gasteiger charge is 2.32. The molecule has 1 saturated carbocycles. The molecular formula is C14H16F3NO2. The maximum absolute atomic E-state index is 12.8. The lowest BCUT2D eigenvalue weighted by atomic mass is 9.95. The van der Waals surface area contributed by atoms with E-state index in [-0.39, 0.29) is 17.3 Å². The van der Waals surface area contributed by atoms with Gasteiger partial charge in [-0.05, 0) is 31.0 Å². The van der Waals surface area contributed by atoms with Crippen molar-refractivity contribution in [3.63, 3.8) is 0 Å². The first-order valence-corrected chi connectivity index (χ1v) is 6.58. The van der Waals surface area contributed by atoms with E-state index in [0.717, 1.165) is 38.2 Å². The number of hydrogen-bond donors (Lipinski definition) is 2. The lowest BCUT2D eigenvalue weighted by molar-refractivity contribution is -0.137. The molecule has 2 rings (SSSR count). The summed E-state index contributed by atoms with van der Waals surface area (Å²) in [6.45, 7) is 0. The predicted molar refractivity (Wildman–Crippen MR) is 68.9 cm³/mol. The topological polar surface area (TPSA) is 49.3 Å². The Hall–Kier alpha value is -1.72. The van der Waals surface area contributed by atoms with Gasteiger partial charge in [-0.15, -0.1) is 0 Å². The highest BCUT2D eigenvalue weighted by Crippen LogP contribution is 2.33. The number of alkyl halides is 3. The van der Waals surface area contributed by atoms with E-state index in [1.165, 1.54) is 6.07 Å². The quantitative estimate of drug-likeness (QED) is 0.878. The summed E-state index contributed by atoms with van der Waals surface area (Å²) >= 11 is 0. The molecule has 1 fully saturated rings. The fourth-order valence-corrected chi connectivity index (χ4v) is 2.48. The molecule has 0 aromatic heterocycles. The fraction of sp³-hybridized carbons (Fsp3) is 0.500. The lowest BCUT2D eigenvalue weighted by Gasteiger charge is -2.24. The zero-order valence-electron chi connectivity index (χ0n) is 10.8. The van der Waals surface area contributed by atoms with Gasteiger partial charge in [0, 0.05) is 11.7 Å². The number of nitrogens with one attached hydrogen (secondary N) is 1. The molecule has 0 radical (unpaired) electrons. The average Bonchev–Trinajstić information content (AvgIpc) is 2.38. The molecule has 0 amide bonds. The summed E-state index contributed by atoms with van der Waals surface area (Å²) in [5.41, 5.74) is -1.06. The van der Waals surface area contributed by atoms with Crippen LogP contribution in [0.5, 0.6) is 0 Å². The van der Waals surface area contributed by atoms with Gasteiger partial charge in [-0.1, -0.05) is 19.3 Å². The van der Waals surface area contributed by atoms with Crippen molar-refractivity contribution in [2.24, 2.45) is 0 Å². The standard InChI is InChI=1S/C14H16F3NO2/c15-14(16,17)10-6-9(13(19)20)7-12(8-10)18-11-4-2-1-3-5-11/h6-8,11,18H,1-5H2,(H,19,20). The minimum Gasteiger partial charge on any atom is -0.478 e. The van der Waals surface area contributed by atoms with E-state index in [4.69, 9.17) is 5.11 Å². The number of rotatable bonds is 3. The van der Waals surface area contributed by atoms with Gasteiger partial charge in [0.25, 0.3) is 0 Å². The van der Waals surface area contributed by atoms with Crippen molar-refractivity contribution in [3.8, 4) is 0 Å².